The van der Waals surface area contributed by atoms with Crippen molar-refractivity contribution in [2.75, 3.05) is 28.6 Å². The van der Waals surface area contributed by atoms with Crippen LogP contribution in [0.5, 0.6) is 0 Å². The van der Waals surface area contributed by atoms with Gasteiger partial charge in [-0.25, -0.2) is 9.97 Å². The van der Waals surface area contributed by atoms with E-state index < -0.39 is 0 Å². The van der Waals surface area contributed by atoms with Crippen LogP contribution in [0.1, 0.15) is 25.1 Å². The second-order valence-corrected chi connectivity index (χ2v) is 8.82. The fourth-order valence-electron chi connectivity index (χ4n) is 4.19. The summed E-state index contributed by atoms with van der Waals surface area (Å²) in [4.78, 5) is 20.9. The third-order valence-electron chi connectivity index (χ3n) is 6.03. The number of aryl methyl sites for hydroxylation is 2. The number of hydrogen-bond acceptors (Lipinski definition) is 7. The maximum Gasteiger partial charge on any atom is 0.232 e. The first-order chi connectivity index (χ1) is 15.4. The number of nitrogens with one attached hydrogen (secondary N) is 2. The van der Waals surface area contributed by atoms with Crippen molar-refractivity contribution in [3.63, 3.8) is 0 Å². The molecule has 2 unspecified atom stereocenters. The van der Waals surface area contributed by atoms with Crippen LogP contribution in [-0.4, -0.2) is 37.4 Å². The van der Waals surface area contributed by atoms with Crippen LogP contribution in [0, 0.1) is 25.7 Å². The Balaban J connectivity index is 1.49. The van der Waals surface area contributed by atoms with Gasteiger partial charge >= 0.3 is 0 Å². The molecule has 164 valence electrons. The SMILES string of the molecule is Cc1cc(C)nc(Nc2nc(Nc3ccn4ccnc4c3)cc(N3CC(C)C(C)C3)n2)c1. The first kappa shape index (κ1) is 20.2. The minimum Gasteiger partial charge on any atom is -0.356 e. The van der Waals surface area contributed by atoms with E-state index in [1.165, 1.54) is 0 Å². The molecule has 5 rings (SSSR count). The summed E-state index contributed by atoms with van der Waals surface area (Å²) in [5, 5.41) is 6.74. The van der Waals surface area contributed by atoms with Gasteiger partial charge in [0.25, 0.3) is 0 Å². The highest BCUT2D eigenvalue weighted by Crippen LogP contribution is 2.30. The number of rotatable bonds is 5. The molecule has 0 radical (unpaired) electrons. The van der Waals surface area contributed by atoms with Crippen molar-refractivity contribution in [3.05, 3.63) is 60.2 Å². The smallest absolute Gasteiger partial charge is 0.232 e. The average molecular weight is 429 g/mol. The molecule has 0 saturated carbocycles. The molecule has 0 aromatic carbocycles. The van der Waals surface area contributed by atoms with Gasteiger partial charge < -0.3 is 19.9 Å². The summed E-state index contributed by atoms with van der Waals surface area (Å²) < 4.78 is 1.97. The predicted molar refractivity (Wildman–Crippen MR) is 128 cm³/mol. The molecule has 1 fully saturated rings. The minimum atomic E-state index is 0.525. The van der Waals surface area contributed by atoms with E-state index >= 15 is 0 Å². The van der Waals surface area contributed by atoms with Gasteiger partial charge in [-0.05, 0) is 49.4 Å². The molecule has 8 heteroatoms. The van der Waals surface area contributed by atoms with Gasteiger partial charge in [0.1, 0.15) is 23.1 Å². The van der Waals surface area contributed by atoms with E-state index in [0.29, 0.717) is 17.8 Å². The first-order valence-corrected chi connectivity index (χ1v) is 11.0. The second-order valence-electron chi connectivity index (χ2n) is 8.82. The summed E-state index contributed by atoms with van der Waals surface area (Å²) in [6.07, 6.45) is 5.70. The molecule has 1 saturated heterocycles. The monoisotopic (exact) mass is 428 g/mol. The molecule has 32 heavy (non-hydrogen) atoms. The zero-order valence-electron chi connectivity index (χ0n) is 18.9. The topological polar surface area (TPSA) is 83.3 Å². The average Bonchev–Trinajstić information content (AvgIpc) is 3.33. The number of fused-ring (bicyclic) bond motifs is 1. The summed E-state index contributed by atoms with van der Waals surface area (Å²) in [6.45, 7) is 10.6. The second kappa shape index (κ2) is 8.11. The van der Waals surface area contributed by atoms with Crippen molar-refractivity contribution in [2.45, 2.75) is 27.7 Å². The Morgan fingerprint density at radius 2 is 1.66 bits per heavy atom. The molecule has 0 aliphatic carbocycles. The molecule has 0 bridgehead atoms. The van der Waals surface area contributed by atoms with Crippen molar-refractivity contribution in [2.24, 2.45) is 11.8 Å². The Morgan fingerprint density at radius 3 is 2.44 bits per heavy atom. The summed E-state index contributed by atoms with van der Waals surface area (Å²) in [7, 11) is 0. The Hall–Kier alpha value is -3.68. The van der Waals surface area contributed by atoms with Crippen molar-refractivity contribution in [3.8, 4) is 0 Å². The molecule has 8 nitrogen and oxygen atoms in total. The molecule has 0 amide bonds. The standard InChI is InChI=1S/C24H28N8/c1-15-9-18(4)26-20(10-15)28-24-29-21(12-23(30-24)32-13-16(2)17(3)14-32)27-19-5-7-31-8-6-25-22(31)11-19/h5-12,16-17H,13-14H2,1-4H3,(H2,26,27,28,29,30). The van der Waals surface area contributed by atoms with E-state index in [0.717, 1.165) is 53.1 Å². The molecule has 1 aliphatic rings. The van der Waals surface area contributed by atoms with Crippen LogP contribution in [-0.2, 0) is 0 Å². The van der Waals surface area contributed by atoms with Crippen LogP contribution < -0.4 is 15.5 Å². The summed E-state index contributed by atoms with van der Waals surface area (Å²) in [5.41, 5.74) is 3.90. The predicted octanol–water partition coefficient (Wildman–Crippen LogP) is 4.72. The van der Waals surface area contributed by atoms with Crippen molar-refractivity contribution < 1.29 is 0 Å². The zero-order valence-corrected chi connectivity index (χ0v) is 18.9. The van der Waals surface area contributed by atoms with Crippen molar-refractivity contribution in [1.82, 2.24) is 24.3 Å². The summed E-state index contributed by atoms with van der Waals surface area (Å²) in [5.74, 6) is 4.16. The quantitative estimate of drug-likeness (QED) is 0.476. The number of nitrogens with zero attached hydrogens (tertiary/aromatic N) is 6. The molecule has 4 aromatic heterocycles. The number of hydrogen-bond donors (Lipinski definition) is 2. The van der Waals surface area contributed by atoms with Gasteiger partial charge in [0.05, 0.1) is 0 Å². The largest absolute Gasteiger partial charge is 0.356 e. The normalized spacial score (nSPS) is 18.3. The summed E-state index contributed by atoms with van der Waals surface area (Å²) >= 11 is 0. The lowest BCUT2D eigenvalue weighted by atomic mass is 10.0. The molecule has 2 atom stereocenters. The molecular formula is C24H28N8. The van der Waals surface area contributed by atoms with E-state index in [-0.39, 0.29) is 0 Å². The molecular weight excluding hydrogens is 400 g/mol. The molecule has 4 aromatic rings. The lowest BCUT2D eigenvalue weighted by Gasteiger charge is -2.19. The Labute approximate surface area is 187 Å². The highest BCUT2D eigenvalue weighted by Gasteiger charge is 2.27. The Kier molecular flexibility index (Phi) is 5.13. The number of aromatic nitrogens is 5. The fourth-order valence-corrected chi connectivity index (χ4v) is 4.19. The molecule has 0 spiro atoms. The van der Waals surface area contributed by atoms with Gasteiger partial charge in [0.15, 0.2) is 0 Å². The minimum absolute atomic E-state index is 0.525. The highest BCUT2D eigenvalue weighted by atomic mass is 15.3. The van der Waals surface area contributed by atoms with Gasteiger partial charge in [-0.2, -0.15) is 9.97 Å². The van der Waals surface area contributed by atoms with Crippen LogP contribution in [0.15, 0.2) is 48.9 Å². The van der Waals surface area contributed by atoms with Crippen LogP contribution in [0.4, 0.5) is 29.1 Å². The number of anilines is 5. The van der Waals surface area contributed by atoms with Crippen LogP contribution in [0.3, 0.4) is 0 Å². The Bertz CT molecular complexity index is 1230. The third kappa shape index (κ3) is 4.21. The van der Waals surface area contributed by atoms with E-state index in [4.69, 9.17) is 9.97 Å². The zero-order chi connectivity index (χ0) is 22.2. The maximum atomic E-state index is 4.83. The number of pyridine rings is 2. The van der Waals surface area contributed by atoms with Gasteiger partial charge in [-0.3, -0.25) is 0 Å². The van der Waals surface area contributed by atoms with E-state index in [9.17, 15) is 0 Å². The first-order valence-electron chi connectivity index (χ1n) is 11.0. The lowest BCUT2D eigenvalue weighted by Crippen LogP contribution is -2.21. The van der Waals surface area contributed by atoms with Crippen LogP contribution in [0.2, 0.25) is 0 Å². The van der Waals surface area contributed by atoms with Gasteiger partial charge in [-0.15, -0.1) is 0 Å². The van der Waals surface area contributed by atoms with Gasteiger partial charge in [0, 0.05) is 55.2 Å². The highest BCUT2D eigenvalue weighted by molar-refractivity contribution is 5.66. The lowest BCUT2D eigenvalue weighted by molar-refractivity contribution is 0.494. The fraction of sp³-hybridized carbons (Fsp3) is 0.333. The molecule has 2 N–H and O–H groups in total. The molecule has 5 heterocycles. The maximum absolute atomic E-state index is 4.83. The van der Waals surface area contributed by atoms with Crippen molar-refractivity contribution >= 4 is 34.7 Å². The summed E-state index contributed by atoms with van der Waals surface area (Å²) in [6, 6.07) is 10.1. The van der Waals surface area contributed by atoms with Gasteiger partial charge in [0.2, 0.25) is 5.95 Å². The Morgan fingerprint density at radius 1 is 0.875 bits per heavy atom. The van der Waals surface area contributed by atoms with Crippen LogP contribution >= 0.6 is 0 Å². The third-order valence-corrected chi connectivity index (χ3v) is 6.03. The molecule has 1 aliphatic heterocycles. The number of imidazole rings is 1. The van der Waals surface area contributed by atoms with Crippen LogP contribution in [0.25, 0.3) is 5.65 Å². The van der Waals surface area contributed by atoms with Crippen molar-refractivity contribution in [1.29, 1.82) is 0 Å². The van der Waals surface area contributed by atoms with E-state index in [1.54, 1.807) is 6.20 Å². The van der Waals surface area contributed by atoms with E-state index in [2.05, 4.69) is 46.3 Å². The van der Waals surface area contributed by atoms with Gasteiger partial charge in [-0.1, -0.05) is 13.8 Å². The van der Waals surface area contributed by atoms with E-state index in [1.807, 2.05) is 54.0 Å².